The fourth-order valence-electron chi connectivity index (χ4n) is 0.892. The summed E-state index contributed by atoms with van der Waals surface area (Å²) in [7, 11) is 0. The van der Waals surface area contributed by atoms with Gasteiger partial charge >= 0.3 is 6.15 Å². The fourth-order valence-corrected chi connectivity index (χ4v) is 0.892. The maximum Gasteiger partial charge on any atom is 0.373 e. The summed E-state index contributed by atoms with van der Waals surface area (Å²) in [5.41, 5.74) is 0. The molecule has 0 aromatic carbocycles. The van der Waals surface area contributed by atoms with Crippen molar-refractivity contribution in [1.82, 2.24) is 0 Å². The summed E-state index contributed by atoms with van der Waals surface area (Å²) in [6.45, 7) is 2.58. The molecule has 0 saturated carbocycles. The van der Waals surface area contributed by atoms with Crippen molar-refractivity contribution in [2.75, 3.05) is 6.61 Å². The zero-order valence-electron chi connectivity index (χ0n) is 7.71. The van der Waals surface area contributed by atoms with E-state index in [2.05, 4.69) is 6.92 Å². The third-order valence-electron chi connectivity index (χ3n) is 1.51. The summed E-state index contributed by atoms with van der Waals surface area (Å²) in [4.78, 5) is 16.2. The van der Waals surface area contributed by atoms with Crippen LogP contribution < -0.4 is 0 Å². The standard InChI is InChI=1S/C8H18O.CO2/c1-2-3-4-5-6-7-8-9;2-1-3/h9H,2-8H2,1H3;. The van der Waals surface area contributed by atoms with Crippen LogP contribution in [0.5, 0.6) is 0 Å². The highest BCUT2D eigenvalue weighted by atomic mass is 16.3. The van der Waals surface area contributed by atoms with Gasteiger partial charge in [-0.25, -0.2) is 0 Å². The lowest BCUT2D eigenvalue weighted by molar-refractivity contribution is -0.191. The van der Waals surface area contributed by atoms with Gasteiger partial charge in [-0.1, -0.05) is 39.0 Å². The molecule has 0 aliphatic carbocycles. The summed E-state index contributed by atoms with van der Waals surface area (Å²) in [6, 6.07) is 0. The molecular weight excluding hydrogens is 156 g/mol. The van der Waals surface area contributed by atoms with Crippen molar-refractivity contribution < 1.29 is 14.7 Å². The second-order valence-electron chi connectivity index (χ2n) is 2.57. The Morgan fingerprint density at radius 2 is 1.42 bits per heavy atom. The molecule has 72 valence electrons. The average Bonchev–Trinajstić information content (AvgIpc) is 2.06. The van der Waals surface area contributed by atoms with E-state index in [4.69, 9.17) is 14.7 Å². The Balaban J connectivity index is 0. The molecule has 0 radical (unpaired) electrons. The molecule has 0 saturated heterocycles. The van der Waals surface area contributed by atoms with Crippen molar-refractivity contribution in [1.29, 1.82) is 0 Å². The molecule has 3 heteroatoms. The highest BCUT2D eigenvalue weighted by Crippen LogP contribution is 2.03. The fraction of sp³-hybridized carbons (Fsp3) is 0.889. The third-order valence-corrected chi connectivity index (χ3v) is 1.51. The van der Waals surface area contributed by atoms with E-state index >= 15 is 0 Å². The number of aliphatic hydroxyl groups is 1. The number of hydrogen-bond donors (Lipinski definition) is 1. The predicted molar refractivity (Wildman–Crippen MR) is 45.5 cm³/mol. The Morgan fingerprint density at radius 3 is 1.83 bits per heavy atom. The van der Waals surface area contributed by atoms with Crippen LogP contribution >= 0.6 is 0 Å². The molecule has 0 amide bonds. The zero-order chi connectivity index (χ0) is 9.66. The van der Waals surface area contributed by atoms with Crippen molar-refractivity contribution in [3.63, 3.8) is 0 Å². The molecule has 0 rings (SSSR count). The first kappa shape index (κ1) is 13.9. The maximum atomic E-state index is 8.42. The zero-order valence-corrected chi connectivity index (χ0v) is 7.71. The molecule has 0 fully saturated rings. The summed E-state index contributed by atoms with van der Waals surface area (Å²) in [6.07, 6.45) is 7.75. The highest BCUT2D eigenvalue weighted by Gasteiger charge is 1.86. The van der Waals surface area contributed by atoms with E-state index in [0.29, 0.717) is 6.61 Å². The summed E-state index contributed by atoms with van der Waals surface area (Å²) in [5.74, 6) is 0. The quantitative estimate of drug-likeness (QED) is 0.624. The molecule has 12 heavy (non-hydrogen) atoms. The van der Waals surface area contributed by atoms with Gasteiger partial charge in [0.2, 0.25) is 0 Å². The Morgan fingerprint density at radius 1 is 1.00 bits per heavy atom. The van der Waals surface area contributed by atoms with Gasteiger partial charge in [0.05, 0.1) is 0 Å². The lowest BCUT2D eigenvalue weighted by atomic mass is 10.1. The molecular formula is C9H18O3. The van der Waals surface area contributed by atoms with E-state index in [1.807, 2.05) is 0 Å². The summed E-state index contributed by atoms with van der Waals surface area (Å²) < 4.78 is 0. The molecule has 0 heterocycles. The first-order chi connectivity index (χ1) is 5.83. The van der Waals surface area contributed by atoms with Gasteiger partial charge in [-0.2, -0.15) is 9.59 Å². The van der Waals surface area contributed by atoms with Crippen molar-refractivity contribution >= 4 is 6.15 Å². The number of unbranched alkanes of at least 4 members (excludes halogenated alkanes) is 5. The van der Waals surface area contributed by atoms with E-state index in [0.717, 1.165) is 6.42 Å². The summed E-state index contributed by atoms with van der Waals surface area (Å²) >= 11 is 0. The van der Waals surface area contributed by atoms with Crippen LogP contribution in [-0.4, -0.2) is 17.9 Å². The van der Waals surface area contributed by atoms with Gasteiger partial charge in [-0.3, -0.25) is 0 Å². The first-order valence-electron chi connectivity index (χ1n) is 4.43. The molecule has 0 atom stereocenters. The largest absolute Gasteiger partial charge is 0.396 e. The molecule has 1 N–H and O–H groups in total. The molecule has 0 aliphatic rings. The van der Waals surface area contributed by atoms with Crippen LogP contribution in [0.1, 0.15) is 45.4 Å². The van der Waals surface area contributed by atoms with Crippen LogP contribution in [0.3, 0.4) is 0 Å². The van der Waals surface area contributed by atoms with Gasteiger partial charge in [0.15, 0.2) is 0 Å². The van der Waals surface area contributed by atoms with E-state index in [1.54, 1.807) is 0 Å². The van der Waals surface area contributed by atoms with E-state index in [9.17, 15) is 0 Å². The monoisotopic (exact) mass is 174 g/mol. The van der Waals surface area contributed by atoms with Gasteiger partial charge in [-0.05, 0) is 6.42 Å². The van der Waals surface area contributed by atoms with Gasteiger partial charge in [-0.15, -0.1) is 0 Å². The van der Waals surface area contributed by atoms with Gasteiger partial charge in [0.25, 0.3) is 0 Å². The van der Waals surface area contributed by atoms with Crippen molar-refractivity contribution in [2.24, 2.45) is 0 Å². The molecule has 0 spiro atoms. The van der Waals surface area contributed by atoms with Crippen molar-refractivity contribution in [3.8, 4) is 0 Å². The van der Waals surface area contributed by atoms with Crippen molar-refractivity contribution in [3.05, 3.63) is 0 Å². The molecule has 0 aromatic rings. The lowest BCUT2D eigenvalue weighted by Gasteiger charge is -1.95. The molecule has 3 nitrogen and oxygen atoms in total. The highest BCUT2D eigenvalue weighted by molar-refractivity contribution is 5.20. The van der Waals surface area contributed by atoms with Gasteiger partial charge in [0, 0.05) is 6.61 Å². The predicted octanol–water partition coefficient (Wildman–Crippen LogP) is 1.76. The topological polar surface area (TPSA) is 54.4 Å². The normalized spacial score (nSPS) is 8.17. The lowest BCUT2D eigenvalue weighted by Crippen LogP contribution is -1.82. The SMILES string of the molecule is CCCCCCCCO.O=C=O. The van der Waals surface area contributed by atoms with E-state index in [-0.39, 0.29) is 6.15 Å². The Kier molecular flexibility index (Phi) is 19.4. The van der Waals surface area contributed by atoms with Gasteiger partial charge < -0.3 is 5.11 Å². The summed E-state index contributed by atoms with van der Waals surface area (Å²) in [5, 5.41) is 8.42. The molecule has 0 aliphatic heterocycles. The maximum absolute atomic E-state index is 8.42. The number of rotatable bonds is 6. The Labute approximate surface area is 73.8 Å². The minimum atomic E-state index is 0.250. The second kappa shape index (κ2) is 16.7. The number of hydrogen-bond acceptors (Lipinski definition) is 3. The third kappa shape index (κ3) is 22.8. The average molecular weight is 174 g/mol. The molecule has 0 aromatic heterocycles. The smallest absolute Gasteiger partial charge is 0.373 e. The van der Waals surface area contributed by atoms with Crippen LogP contribution in [0.25, 0.3) is 0 Å². The number of aliphatic hydroxyl groups excluding tert-OH is 1. The van der Waals surface area contributed by atoms with Crippen LogP contribution in [0.4, 0.5) is 0 Å². The Bertz CT molecular complexity index is 89.9. The molecule has 0 bridgehead atoms. The van der Waals surface area contributed by atoms with Crippen molar-refractivity contribution in [2.45, 2.75) is 45.4 Å². The minimum Gasteiger partial charge on any atom is -0.396 e. The number of carbonyl (C=O) groups excluding carboxylic acids is 2. The van der Waals surface area contributed by atoms with E-state index in [1.165, 1.54) is 32.1 Å². The van der Waals surface area contributed by atoms with Crippen LogP contribution in [0.2, 0.25) is 0 Å². The molecule has 0 unspecified atom stereocenters. The first-order valence-corrected chi connectivity index (χ1v) is 4.43. The van der Waals surface area contributed by atoms with Crippen LogP contribution in [-0.2, 0) is 9.59 Å². The van der Waals surface area contributed by atoms with E-state index < -0.39 is 0 Å². The second-order valence-corrected chi connectivity index (χ2v) is 2.57. The van der Waals surface area contributed by atoms with Crippen LogP contribution in [0, 0.1) is 0 Å². The minimum absolute atomic E-state index is 0.250. The Hall–Kier alpha value is -0.660. The van der Waals surface area contributed by atoms with Gasteiger partial charge in [0.1, 0.15) is 0 Å². The van der Waals surface area contributed by atoms with Crippen LogP contribution in [0.15, 0.2) is 0 Å².